The number of carbonyl (C=O) groups excluding carboxylic acids is 1. The second kappa shape index (κ2) is 9.13. The van der Waals surface area contributed by atoms with Gasteiger partial charge < -0.3 is 9.88 Å². The quantitative estimate of drug-likeness (QED) is 0.426. The molecular formula is C24H24N4OS. The van der Waals surface area contributed by atoms with Crippen molar-refractivity contribution in [3.63, 3.8) is 0 Å². The summed E-state index contributed by atoms with van der Waals surface area (Å²) in [5.41, 5.74) is 2.09. The average Bonchev–Trinajstić information content (AvgIpc) is 3.12. The molecule has 0 unspecified atom stereocenters. The van der Waals surface area contributed by atoms with Gasteiger partial charge in [-0.2, -0.15) is 0 Å². The summed E-state index contributed by atoms with van der Waals surface area (Å²) in [5.74, 6) is 0.807. The molecule has 30 heavy (non-hydrogen) atoms. The second-order valence-corrected chi connectivity index (χ2v) is 8.50. The molecule has 4 aromatic rings. The average molecular weight is 417 g/mol. The summed E-state index contributed by atoms with van der Waals surface area (Å²) in [7, 11) is 0. The topological polar surface area (TPSA) is 59.8 Å². The zero-order chi connectivity index (χ0) is 20.9. The Bertz CT molecular complexity index is 1150. The number of aromatic nitrogens is 3. The van der Waals surface area contributed by atoms with Crippen molar-refractivity contribution in [1.82, 2.24) is 14.8 Å². The molecule has 0 aliphatic heterocycles. The standard InChI is InChI=1S/C24H24N4OS/c1-17(23(29)25-22-14-8-12-20-11-6-7-13-21(20)22)30-24-27-26-18(2)28(24)16-15-19-9-4-3-5-10-19/h3-14,17H,15-16H2,1-2H3,(H,25,29)/t17-/m1/s1. The van der Waals surface area contributed by atoms with Gasteiger partial charge in [0, 0.05) is 17.6 Å². The summed E-state index contributed by atoms with van der Waals surface area (Å²) in [6.07, 6.45) is 0.893. The first-order chi connectivity index (χ1) is 14.6. The minimum Gasteiger partial charge on any atom is -0.325 e. The first kappa shape index (κ1) is 20.2. The van der Waals surface area contributed by atoms with Gasteiger partial charge in [-0.3, -0.25) is 4.79 Å². The minimum absolute atomic E-state index is 0.0494. The van der Waals surface area contributed by atoms with Gasteiger partial charge in [0.1, 0.15) is 5.82 Å². The van der Waals surface area contributed by atoms with Crippen molar-refractivity contribution in [2.24, 2.45) is 0 Å². The van der Waals surface area contributed by atoms with Gasteiger partial charge >= 0.3 is 0 Å². The number of amides is 1. The fourth-order valence-electron chi connectivity index (χ4n) is 3.37. The molecule has 0 aliphatic carbocycles. The molecule has 0 spiro atoms. The molecule has 1 amide bonds. The minimum atomic E-state index is -0.303. The van der Waals surface area contributed by atoms with Gasteiger partial charge in [0.25, 0.3) is 0 Å². The molecule has 0 saturated carbocycles. The Morgan fingerprint density at radius 1 is 1.00 bits per heavy atom. The van der Waals surface area contributed by atoms with Crippen molar-refractivity contribution in [1.29, 1.82) is 0 Å². The highest BCUT2D eigenvalue weighted by molar-refractivity contribution is 8.00. The Balaban J connectivity index is 1.44. The number of hydrogen-bond acceptors (Lipinski definition) is 4. The predicted molar refractivity (Wildman–Crippen MR) is 123 cm³/mol. The number of carbonyl (C=O) groups is 1. The smallest absolute Gasteiger partial charge is 0.237 e. The zero-order valence-corrected chi connectivity index (χ0v) is 17.9. The van der Waals surface area contributed by atoms with Crippen LogP contribution in [0.15, 0.2) is 78.0 Å². The van der Waals surface area contributed by atoms with E-state index < -0.39 is 0 Å². The summed E-state index contributed by atoms with van der Waals surface area (Å²) in [4.78, 5) is 12.9. The van der Waals surface area contributed by atoms with Crippen LogP contribution in [0.25, 0.3) is 10.8 Å². The SMILES string of the molecule is Cc1nnc(S[C@H](C)C(=O)Nc2cccc3ccccc23)n1CCc1ccccc1. The van der Waals surface area contributed by atoms with Crippen LogP contribution >= 0.6 is 11.8 Å². The molecule has 0 fully saturated rings. The number of thioether (sulfide) groups is 1. The van der Waals surface area contributed by atoms with Crippen molar-refractivity contribution in [3.8, 4) is 0 Å². The summed E-state index contributed by atoms with van der Waals surface area (Å²) in [6, 6.07) is 24.3. The highest BCUT2D eigenvalue weighted by Gasteiger charge is 2.20. The molecular weight excluding hydrogens is 392 g/mol. The molecule has 0 aliphatic rings. The van der Waals surface area contributed by atoms with Crippen LogP contribution in [-0.2, 0) is 17.8 Å². The predicted octanol–water partition coefficient (Wildman–Crippen LogP) is 5.10. The summed E-state index contributed by atoms with van der Waals surface area (Å²) in [6.45, 7) is 4.63. The van der Waals surface area contributed by atoms with E-state index in [9.17, 15) is 4.79 Å². The molecule has 1 N–H and O–H groups in total. The molecule has 0 saturated heterocycles. The van der Waals surface area contributed by atoms with Crippen LogP contribution in [0.3, 0.4) is 0 Å². The lowest BCUT2D eigenvalue weighted by Gasteiger charge is -2.14. The van der Waals surface area contributed by atoms with E-state index in [2.05, 4.69) is 32.2 Å². The molecule has 5 nitrogen and oxygen atoms in total. The summed E-state index contributed by atoms with van der Waals surface area (Å²) < 4.78 is 2.08. The van der Waals surface area contributed by atoms with Gasteiger partial charge in [-0.05, 0) is 37.3 Å². The Morgan fingerprint density at radius 3 is 2.57 bits per heavy atom. The van der Waals surface area contributed by atoms with Gasteiger partial charge in [-0.25, -0.2) is 0 Å². The molecule has 0 bridgehead atoms. The van der Waals surface area contributed by atoms with E-state index in [4.69, 9.17) is 0 Å². The number of aryl methyl sites for hydroxylation is 2. The Labute approximate surface area is 180 Å². The molecule has 3 aromatic carbocycles. The van der Waals surface area contributed by atoms with Crippen molar-refractivity contribution >= 4 is 34.1 Å². The monoisotopic (exact) mass is 416 g/mol. The number of benzene rings is 3. The lowest BCUT2D eigenvalue weighted by Crippen LogP contribution is -2.23. The number of hydrogen-bond donors (Lipinski definition) is 1. The van der Waals surface area contributed by atoms with Crippen LogP contribution in [-0.4, -0.2) is 25.9 Å². The first-order valence-corrected chi connectivity index (χ1v) is 10.9. The molecule has 0 radical (unpaired) electrons. The van der Waals surface area contributed by atoms with Crippen LogP contribution < -0.4 is 5.32 Å². The maximum absolute atomic E-state index is 12.9. The number of fused-ring (bicyclic) bond motifs is 1. The molecule has 1 heterocycles. The molecule has 4 rings (SSSR count). The summed E-state index contributed by atoms with van der Waals surface area (Å²) in [5, 5.41) is 14.2. The van der Waals surface area contributed by atoms with Crippen molar-refractivity contribution in [2.45, 2.75) is 37.2 Å². The van der Waals surface area contributed by atoms with Crippen LogP contribution in [0.1, 0.15) is 18.3 Å². The molecule has 1 atom stereocenters. The molecule has 1 aromatic heterocycles. The normalized spacial score (nSPS) is 12.1. The third kappa shape index (κ3) is 4.54. The van der Waals surface area contributed by atoms with Gasteiger partial charge in [-0.1, -0.05) is 78.5 Å². The first-order valence-electron chi connectivity index (χ1n) is 10.0. The van der Waals surface area contributed by atoms with Crippen LogP contribution in [0, 0.1) is 6.92 Å². The van der Waals surface area contributed by atoms with Crippen molar-refractivity contribution < 1.29 is 4.79 Å². The molecule has 152 valence electrons. The summed E-state index contributed by atoms with van der Waals surface area (Å²) >= 11 is 1.44. The largest absolute Gasteiger partial charge is 0.325 e. The highest BCUT2D eigenvalue weighted by Crippen LogP contribution is 2.26. The van der Waals surface area contributed by atoms with E-state index in [1.165, 1.54) is 17.3 Å². The van der Waals surface area contributed by atoms with E-state index in [1.54, 1.807) is 0 Å². The fourth-order valence-corrected chi connectivity index (χ4v) is 4.29. The lowest BCUT2D eigenvalue weighted by atomic mass is 10.1. The number of nitrogens with one attached hydrogen (secondary N) is 1. The Morgan fingerprint density at radius 2 is 1.73 bits per heavy atom. The fraction of sp³-hybridized carbons (Fsp3) is 0.208. The van der Waals surface area contributed by atoms with E-state index in [0.717, 1.165) is 40.4 Å². The van der Waals surface area contributed by atoms with Gasteiger partial charge in [0.05, 0.1) is 5.25 Å². The Hall–Kier alpha value is -3.12. The third-order valence-electron chi connectivity index (χ3n) is 5.07. The van der Waals surface area contributed by atoms with Crippen molar-refractivity contribution in [3.05, 3.63) is 84.2 Å². The molecule has 6 heteroatoms. The van der Waals surface area contributed by atoms with E-state index >= 15 is 0 Å². The number of nitrogens with zero attached hydrogens (tertiary/aromatic N) is 3. The van der Waals surface area contributed by atoms with Crippen molar-refractivity contribution in [2.75, 3.05) is 5.32 Å². The maximum atomic E-state index is 12.9. The zero-order valence-electron chi connectivity index (χ0n) is 17.1. The van der Waals surface area contributed by atoms with Crippen LogP contribution in [0.2, 0.25) is 0 Å². The second-order valence-electron chi connectivity index (χ2n) is 7.19. The maximum Gasteiger partial charge on any atom is 0.237 e. The van der Waals surface area contributed by atoms with E-state index in [-0.39, 0.29) is 11.2 Å². The third-order valence-corrected chi connectivity index (χ3v) is 6.15. The lowest BCUT2D eigenvalue weighted by molar-refractivity contribution is -0.115. The number of anilines is 1. The Kier molecular flexibility index (Phi) is 6.14. The van der Waals surface area contributed by atoms with Crippen LogP contribution in [0.5, 0.6) is 0 Å². The van der Waals surface area contributed by atoms with E-state index in [1.807, 2.05) is 74.5 Å². The van der Waals surface area contributed by atoms with E-state index in [0.29, 0.717) is 0 Å². The van der Waals surface area contributed by atoms with Crippen LogP contribution in [0.4, 0.5) is 5.69 Å². The van der Waals surface area contributed by atoms with Gasteiger partial charge in [-0.15, -0.1) is 10.2 Å². The van der Waals surface area contributed by atoms with Gasteiger partial charge in [0.15, 0.2) is 5.16 Å². The van der Waals surface area contributed by atoms with Gasteiger partial charge in [0.2, 0.25) is 5.91 Å². The highest BCUT2D eigenvalue weighted by atomic mass is 32.2. The number of rotatable bonds is 7.